The number of methoxy groups -OCH3 is 1. The van der Waals surface area contributed by atoms with E-state index in [2.05, 4.69) is 16.7 Å². The van der Waals surface area contributed by atoms with Gasteiger partial charge < -0.3 is 15.4 Å². The first-order valence-electron chi connectivity index (χ1n) is 6.72. The van der Waals surface area contributed by atoms with Gasteiger partial charge in [0.25, 0.3) is 0 Å². The Morgan fingerprint density at radius 2 is 2.11 bits per heavy atom. The summed E-state index contributed by atoms with van der Waals surface area (Å²) in [5, 5.41) is 6.13. The summed E-state index contributed by atoms with van der Waals surface area (Å²) in [4.78, 5) is 11.9. The Hall–Kier alpha value is -1.39. The Morgan fingerprint density at radius 1 is 1.37 bits per heavy atom. The second-order valence-corrected chi connectivity index (χ2v) is 4.68. The fraction of sp³-hybridized carbons (Fsp3) is 0.533. The summed E-state index contributed by atoms with van der Waals surface area (Å²) in [7, 11) is 1.68. The normalized spacial score (nSPS) is 12.2. The van der Waals surface area contributed by atoms with Gasteiger partial charge in [-0.3, -0.25) is 4.79 Å². The molecule has 0 fully saturated rings. The zero-order valence-corrected chi connectivity index (χ0v) is 12.0. The average molecular weight is 264 g/mol. The minimum Gasteiger partial charge on any atom is -0.380 e. The van der Waals surface area contributed by atoms with E-state index in [1.807, 2.05) is 32.0 Å². The van der Waals surface area contributed by atoms with E-state index in [1.165, 1.54) is 0 Å². The largest absolute Gasteiger partial charge is 0.380 e. The standard InChI is InChI=1S/C15H24N2O2/c1-4-16-9-12(2)15(18)17-10-13-6-5-7-14(8-13)11-19-3/h5-8,12,16H,4,9-11H2,1-3H3,(H,17,18). The highest BCUT2D eigenvalue weighted by Crippen LogP contribution is 2.06. The van der Waals surface area contributed by atoms with Crippen molar-refractivity contribution in [1.29, 1.82) is 0 Å². The van der Waals surface area contributed by atoms with Crippen molar-refractivity contribution in [1.82, 2.24) is 10.6 Å². The number of amides is 1. The minimum atomic E-state index is -0.0119. The molecule has 2 N–H and O–H groups in total. The highest BCUT2D eigenvalue weighted by atomic mass is 16.5. The number of hydrogen-bond donors (Lipinski definition) is 2. The van der Waals surface area contributed by atoms with Crippen molar-refractivity contribution in [3.8, 4) is 0 Å². The zero-order valence-electron chi connectivity index (χ0n) is 12.0. The highest BCUT2D eigenvalue weighted by molar-refractivity contribution is 5.78. The minimum absolute atomic E-state index is 0.0119. The van der Waals surface area contributed by atoms with Gasteiger partial charge in [-0.1, -0.05) is 38.1 Å². The molecular formula is C15H24N2O2. The van der Waals surface area contributed by atoms with Gasteiger partial charge in [-0.2, -0.15) is 0 Å². The average Bonchev–Trinajstić information content (AvgIpc) is 2.43. The van der Waals surface area contributed by atoms with Crippen molar-refractivity contribution < 1.29 is 9.53 Å². The maximum Gasteiger partial charge on any atom is 0.224 e. The molecule has 106 valence electrons. The molecule has 0 spiro atoms. The summed E-state index contributed by atoms with van der Waals surface area (Å²) in [6.45, 7) is 6.72. The first-order valence-corrected chi connectivity index (χ1v) is 6.72. The summed E-state index contributed by atoms with van der Waals surface area (Å²) < 4.78 is 5.10. The third-order valence-electron chi connectivity index (χ3n) is 2.92. The molecule has 0 bridgehead atoms. The van der Waals surface area contributed by atoms with Crippen LogP contribution in [0.25, 0.3) is 0 Å². The molecule has 0 radical (unpaired) electrons. The van der Waals surface area contributed by atoms with Crippen LogP contribution in [0.1, 0.15) is 25.0 Å². The Kier molecular flexibility index (Phi) is 7.15. The third-order valence-corrected chi connectivity index (χ3v) is 2.92. The van der Waals surface area contributed by atoms with Gasteiger partial charge >= 0.3 is 0 Å². The van der Waals surface area contributed by atoms with E-state index < -0.39 is 0 Å². The van der Waals surface area contributed by atoms with Crippen LogP contribution in [0.15, 0.2) is 24.3 Å². The number of carbonyl (C=O) groups excluding carboxylic acids is 1. The van der Waals surface area contributed by atoms with E-state index >= 15 is 0 Å². The summed E-state index contributed by atoms with van der Waals surface area (Å²) in [6, 6.07) is 8.06. The Bertz CT molecular complexity index is 393. The van der Waals surface area contributed by atoms with Crippen LogP contribution >= 0.6 is 0 Å². The fourth-order valence-electron chi connectivity index (χ4n) is 1.81. The Labute approximate surface area is 115 Å². The lowest BCUT2D eigenvalue weighted by Crippen LogP contribution is -2.34. The van der Waals surface area contributed by atoms with E-state index in [-0.39, 0.29) is 11.8 Å². The molecule has 0 aromatic heterocycles. The van der Waals surface area contributed by atoms with Crippen LogP contribution in [-0.4, -0.2) is 26.1 Å². The van der Waals surface area contributed by atoms with Crippen molar-refractivity contribution in [3.05, 3.63) is 35.4 Å². The van der Waals surface area contributed by atoms with Crippen LogP contribution in [-0.2, 0) is 22.7 Å². The molecule has 1 unspecified atom stereocenters. The number of carbonyl (C=O) groups is 1. The predicted molar refractivity (Wildman–Crippen MR) is 76.7 cm³/mol. The molecule has 4 heteroatoms. The second kappa shape index (κ2) is 8.67. The van der Waals surface area contributed by atoms with Crippen LogP contribution in [0, 0.1) is 5.92 Å². The first kappa shape index (κ1) is 15.7. The lowest BCUT2D eigenvalue weighted by atomic mass is 10.1. The predicted octanol–water partition coefficient (Wildman–Crippen LogP) is 1.69. The van der Waals surface area contributed by atoms with Crippen LogP contribution < -0.4 is 10.6 Å². The first-order chi connectivity index (χ1) is 9.17. The summed E-state index contributed by atoms with van der Waals surface area (Å²) in [5.41, 5.74) is 2.22. The zero-order chi connectivity index (χ0) is 14.1. The van der Waals surface area contributed by atoms with Gasteiger partial charge in [0.05, 0.1) is 6.61 Å². The fourth-order valence-corrected chi connectivity index (χ4v) is 1.81. The van der Waals surface area contributed by atoms with Crippen LogP contribution in [0.5, 0.6) is 0 Å². The van der Waals surface area contributed by atoms with Gasteiger partial charge in [-0.25, -0.2) is 0 Å². The molecule has 0 saturated heterocycles. The number of rotatable bonds is 8. The number of ether oxygens (including phenoxy) is 1. The van der Waals surface area contributed by atoms with Gasteiger partial charge in [0.15, 0.2) is 0 Å². The summed E-state index contributed by atoms with van der Waals surface area (Å²) >= 11 is 0. The molecular weight excluding hydrogens is 240 g/mol. The molecule has 0 aliphatic carbocycles. The van der Waals surface area contributed by atoms with Gasteiger partial charge in [0, 0.05) is 26.1 Å². The van der Waals surface area contributed by atoms with Gasteiger partial charge in [0.1, 0.15) is 0 Å². The molecule has 1 aromatic carbocycles. The van der Waals surface area contributed by atoms with E-state index in [1.54, 1.807) is 7.11 Å². The molecule has 0 aliphatic heterocycles. The van der Waals surface area contributed by atoms with Gasteiger partial charge in [-0.15, -0.1) is 0 Å². The molecule has 1 rings (SSSR count). The molecule has 1 atom stereocenters. The van der Waals surface area contributed by atoms with Crippen molar-refractivity contribution >= 4 is 5.91 Å². The molecule has 0 heterocycles. The van der Waals surface area contributed by atoms with Crippen LogP contribution in [0.3, 0.4) is 0 Å². The lowest BCUT2D eigenvalue weighted by Gasteiger charge is -2.12. The summed E-state index contributed by atoms with van der Waals surface area (Å²) in [5.74, 6) is 0.0696. The summed E-state index contributed by atoms with van der Waals surface area (Å²) in [6.07, 6.45) is 0. The van der Waals surface area contributed by atoms with Crippen LogP contribution in [0.2, 0.25) is 0 Å². The van der Waals surface area contributed by atoms with Crippen molar-refractivity contribution in [2.45, 2.75) is 27.0 Å². The van der Waals surface area contributed by atoms with E-state index in [4.69, 9.17) is 4.74 Å². The van der Waals surface area contributed by atoms with E-state index in [9.17, 15) is 4.79 Å². The second-order valence-electron chi connectivity index (χ2n) is 4.68. The SMILES string of the molecule is CCNCC(C)C(=O)NCc1cccc(COC)c1. The topological polar surface area (TPSA) is 50.4 Å². The highest BCUT2D eigenvalue weighted by Gasteiger charge is 2.11. The van der Waals surface area contributed by atoms with Crippen molar-refractivity contribution in [3.63, 3.8) is 0 Å². The smallest absolute Gasteiger partial charge is 0.224 e. The molecule has 1 aromatic rings. The lowest BCUT2D eigenvalue weighted by molar-refractivity contribution is -0.124. The van der Waals surface area contributed by atoms with Gasteiger partial charge in [0.2, 0.25) is 5.91 Å². The number of nitrogens with one attached hydrogen (secondary N) is 2. The Balaban J connectivity index is 2.43. The van der Waals surface area contributed by atoms with E-state index in [0.717, 1.165) is 17.7 Å². The molecule has 0 aliphatic rings. The van der Waals surface area contributed by atoms with Crippen molar-refractivity contribution in [2.75, 3.05) is 20.2 Å². The molecule has 0 saturated carbocycles. The maximum atomic E-state index is 11.9. The van der Waals surface area contributed by atoms with Gasteiger partial charge in [-0.05, 0) is 17.7 Å². The Morgan fingerprint density at radius 3 is 2.79 bits per heavy atom. The third kappa shape index (κ3) is 5.85. The number of benzene rings is 1. The van der Waals surface area contributed by atoms with E-state index in [0.29, 0.717) is 19.7 Å². The van der Waals surface area contributed by atoms with Crippen LogP contribution in [0.4, 0.5) is 0 Å². The van der Waals surface area contributed by atoms with Crippen molar-refractivity contribution in [2.24, 2.45) is 5.92 Å². The molecule has 19 heavy (non-hydrogen) atoms. The quantitative estimate of drug-likeness (QED) is 0.751. The number of hydrogen-bond acceptors (Lipinski definition) is 3. The molecule has 1 amide bonds. The maximum absolute atomic E-state index is 11.9. The monoisotopic (exact) mass is 264 g/mol. The molecule has 4 nitrogen and oxygen atoms in total.